The molecule has 4 rings (SSSR count). The lowest BCUT2D eigenvalue weighted by atomic mass is 10.1. The molecule has 0 saturated carbocycles. The maximum absolute atomic E-state index is 4.47. The van der Waals surface area contributed by atoms with Crippen LogP contribution < -0.4 is 0 Å². The number of rotatable bonds is 2. The van der Waals surface area contributed by atoms with Gasteiger partial charge in [-0.25, -0.2) is 0 Å². The molecule has 3 aromatic rings. The van der Waals surface area contributed by atoms with Gasteiger partial charge in [-0.2, -0.15) is 0 Å². The molecule has 0 spiro atoms. The topological polar surface area (TPSA) is 17.3 Å². The van der Waals surface area contributed by atoms with Crippen molar-refractivity contribution in [2.45, 2.75) is 13.0 Å². The molecule has 0 N–H and O–H groups in total. The summed E-state index contributed by atoms with van der Waals surface area (Å²) in [6, 6.07) is 19.3. The van der Waals surface area contributed by atoms with E-state index >= 15 is 0 Å². The zero-order chi connectivity index (χ0) is 13.4. The second-order valence-corrected chi connectivity index (χ2v) is 5.24. The van der Waals surface area contributed by atoms with Crippen LogP contribution in [0.15, 0.2) is 59.6 Å². The highest BCUT2D eigenvalue weighted by Gasteiger charge is 2.17. The van der Waals surface area contributed by atoms with Crippen LogP contribution in [0, 0.1) is 0 Å². The summed E-state index contributed by atoms with van der Waals surface area (Å²) in [7, 11) is 0. The van der Waals surface area contributed by atoms with Crippen LogP contribution in [-0.4, -0.2) is 17.3 Å². The third-order valence-electron chi connectivity index (χ3n) is 4.01. The van der Waals surface area contributed by atoms with Crippen molar-refractivity contribution in [3.05, 3.63) is 71.4 Å². The second-order valence-electron chi connectivity index (χ2n) is 5.24. The van der Waals surface area contributed by atoms with Crippen LogP contribution in [0.2, 0.25) is 0 Å². The molecule has 2 heteroatoms. The van der Waals surface area contributed by atoms with Gasteiger partial charge in [-0.05, 0) is 23.6 Å². The van der Waals surface area contributed by atoms with E-state index in [2.05, 4.69) is 64.2 Å². The molecular weight excluding hydrogens is 244 g/mol. The smallest absolute Gasteiger partial charge is 0.0635 e. The first-order valence-electron chi connectivity index (χ1n) is 7.07. The summed E-state index contributed by atoms with van der Waals surface area (Å²) in [5.41, 5.74) is 5.37. The van der Waals surface area contributed by atoms with E-state index in [4.69, 9.17) is 0 Å². The highest BCUT2D eigenvalue weighted by molar-refractivity contribution is 5.95. The maximum Gasteiger partial charge on any atom is 0.0635 e. The van der Waals surface area contributed by atoms with Crippen molar-refractivity contribution < 1.29 is 0 Å². The lowest BCUT2D eigenvalue weighted by Crippen LogP contribution is -2.09. The Labute approximate surface area is 118 Å². The molecule has 0 fully saturated rings. The Morgan fingerprint density at radius 2 is 1.75 bits per heavy atom. The second kappa shape index (κ2) is 4.64. The Balaban J connectivity index is 1.93. The number of hydrogen-bond donors (Lipinski definition) is 0. The van der Waals surface area contributed by atoms with Gasteiger partial charge in [-0.3, -0.25) is 4.99 Å². The predicted octanol–water partition coefficient (Wildman–Crippen LogP) is 3.66. The van der Waals surface area contributed by atoms with Gasteiger partial charge in [0.25, 0.3) is 0 Å². The SMILES string of the molecule is C1=NCCc2c1n(Cc1ccccc1)c1ccccc21. The van der Waals surface area contributed by atoms with E-state index in [0.29, 0.717) is 0 Å². The number of benzene rings is 2. The van der Waals surface area contributed by atoms with E-state index in [0.717, 1.165) is 19.5 Å². The lowest BCUT2D eigenvalue weighted by molar-refractivity contribution is 0.811. The standard InChI is InChI=1S/C18H16N2/c1-2-6-14(7-3-1)13-20-17-9-5-4-8-15(17)16-10-11-19-12-18(16)20/h1-9,12H,10-11,13H2. The Hall–Kier alpha value is -2.35. The first-order chi connectivity index (χ1) is 9.93. The Morgan fingerprint density at radius 3 is 2.65 bits per heavy atom. The molecule has 1 aliphatic heterocycles. The fraction of sp³-hybridized carbons (Fsp3) is 0.167. The summed E-state index contributed by atoms with van der Waals surface area (Å²) in [5.74, 6) is 0. The van der Waals surface area contributed by atoms with E-state index in [-0.39, 0.29) is 0 Å². The van der Waals surface area contributed by atoms with E-state index in [9.17, 15) is 0 Å². The fourth-order valence-corrected chi connectivity index (χ4v) is 3.07. The summed E-state index contributed by atoms with van der Waals surface area (Å²) in [5, 5.41) is 1.38. The van der Waals surface area contributed by atoms with Gasteiger partial charge in [0.2, 0.25) is 0 Å². The number of aliphatic imine (C=N–C) groups is 1. The molecule has 0 saturated heterocycles. The quantitative estimate of drug-likeness (QED) is 0.669. The molecule has 98 valence electrons. The Kier molecular flexibility index (Phi) is 2.66. The van der Waals surface area contributed by atoms with Crippen LogP contribution in [0.1, 0.15) is 16.8 Å². The van der Waals surface area contributed by atoms with Gasteiger partial charge in [0.1, 0.15) is 0 Å². The van der Waals surface area contributed by atoms with Gasteiger partial charge in [0.15, 0.2) is 0 Å². The van der Waals surface area contributed by atoms with E-state index in [1.807, 2.05) is 6.21 Å². The zero-order valence-electron chi connectivity index (χ0n) is 11.3. The van der Waals surface area contributed by atoms with Crippen molar-refractivity contribution in [2.24, 2.45) is 4.99 Å². The average molecular weight is 260 g/mol. The highest BCUT2D eigenvalue weighted by atomic mass is 15.0. The molecule has 0 amide bonds. The Bertz CT molecular complexity index is 782. The van der Waals surface area contributed by atoms with Crippen molar-refractivity contribution in [1.82, 2.24) is 4.57 Å². The number of para-hydroxylation sites is 1. The average Bonchev–Trinajstić information content (AvgIpc) is 2.84. The molecule has 0 radical (unpaired) electrons. The van der Waals surface area contributed by atoms with Crippen LogP contribution in [0.5, 0.6) is 0 Å². The number of nitrogens with zero attached hydrogens (tertiary/aromatic N) is 2. The van der Waals surface area contributed by atoms with Crippen LogP contribution in [0.3, 0.4) is 0 Å². The van der Waals surface area contributed by atoms with Crippen LogP contribution >= 0.6 is 0 Å². The summed E-state index contributed by atoms with van der Waals surface area (Å²) < 4.78 is 2.39. The molecule has 2 heterocycles. The zero-order valence-corrected chi connectivity index (χ0v) is 11.3. The third kappa shape index (κ3) is 1.76. The van der Waals surface area contributed by atoms with Gasteiger partial charge in [0, 0.05) is 30.2 Å². The molecule has 0 aliphatic carbocycles. The number of fused-ring (bicyclic) bond motifs is 3. The first kappa shape index (κ1) is 11.5. The van der Waals surface area contributed by atoms with E-state index < -0.39 is 0 Å². The summed E-state index contributed by atoms with van der Waals surface area (Å²) >= 11 is 0. The van der Waals surface area contributed by atoms with Gasteiger partial charge in [0.05, 0.1) is 5.69 Å². The van der Waals surface area contributed by atoms with Gasteiger partial charge < -0.3 is 4.57 Å². The summed E-state index contributed by atoms with van der Waals surface area (Å²) in [6.45, 7) is 1.81. The molecule has 0 bridgehead atoms. The number of hydrogen-bond acceptors (Lipinski definition) is 1. The maximum atomic E-state index is 4.47. The third-order valence-corrected chi connectivity index (χ3v) is 4.01. The van der Waals surface area contributed by atoms with Gasteiger partial charge in [-0.1, -0.05) is 48.5 Å². The van der Waals surface area contributed by atoms with E-state index in [1.165, 1.54) is 27.7 Å². The molecule has 1 aliphatic rings. The van der Waals surface area contributed by atoms with Gasteiger partial charge >= 0.3 is 0 Å². The van der Waals surface area contributed by atoms with Crippen molar-refractivity contribution in [2.75, 3.05) is 6.54 Å². The lowest BCUT2D eigenvalue weighted by Gasteiger charge is -2.11. The largest absolute Gasteiger partial charge is 0.335 e. The summed E-state index contributed by atoms with van der Waals surface area (Å²) in [6.07, 6.45) is 3.09. The molecular formula is C18H16N2. The fourth-order valence-electron chi connectivity index (χ4n) is 3.07. The monoisotopic (exact) mass is 260 g/mol. The van der Waals surface area contributed by atoms with Crippen molar-refractivity contribution in [3.63, 3.8) is 0 Å². The normalized spacial score (nSPS) is 13.6. The minimum absolute atomic E-state index is 0.905. The van der Waals surface area contributed by atoms with Crippen LogP contribution in [0.4, 0.5) is 0 Å². The molecule has 0 atom stereocenters. The van der Waals surface area contributed by atoms with Crippen LogP contribution in [-0.2, 0) is 13.0 Å². The molecule has 0 unspecified atom stereocenters. The molecule has 2 nitrogen and oxygen atoms in total. The molecule has 1 aromatic heterocycles. The first-order valence-corrected chi connectivity index (χ1v) is 7.07. The highest BCUT2D eigenvalue weighted by Crippen LogP contribution is 2.28. The Morgan fingerprint density at radius 1 is 0.950 bits per heavy atom. The van der Waals surface area contributed by atoms with Crippen molar-refractivity contribution in [3.8, 4) is 0 Å². The minimum Gasteiger partial charge on any atom is -0.335 e. The number of aromatic nitrogens is 1. The van der Waals surface area contributed by atoms with Crippen molar-refractivity contribution in [1.29, 1.82) is 0 Å². The summed E-state index contributed by atoms with van der Waals surface area (Å²) in [4.78, 5) is 4.47. The van der Waals surface area contributed by atoms with E-state index in [1.54, 1.807) is 0 Å². The molecule has 2 aromatic carbocycles. The predicted molar refractivity (Wildman–Crippen MR) is 83.6 cm³/mol. The molecule has 20 heavy (non-hydrogen) atoms. The van der Waals surface area contributed by atoms with Crippen LogP contribution in [0.25, 0.3) is 10.9 Å². The van der Waals surface area contributed by atoms with Gasteiger partial charge in [-0.15, -0.1) is 0 Å². The minimum atomic E-state index is 0.905. The van der Waals surface area contributed by atoms with Crippen molar-refractivity contribution >= 4 is 17.1 Å².